The Labute approximate surface area is 172 Å². The smallest absolute Gasteiger partial charge is 0.337 e. The van der Waals surface area contributed by atoms with E-state index in [9.17, 15) is 19.5 Å². The number of benzene rings is 1. The Hall–Kier alpha value is -3.75. The molecule has 1 unspecified atom stereocenters. The number of hydrogen-bond acceptors (Lipinski definition) is 7. The van der Waals surface area contributed by atoms with Gasteiger partial charge in [0.05, 0.1) is 24.2 Å². The van der Waals surface area contributed by atoms with Crippen LogP contribution in [-0.4, -0.2) is 33.9 Å². The van der Waals surface area contributed by atoms with Crippen LogP contribution in [0, 0.1) is 0 Å². The number of phenolic OH excluding ortho intramolecular Hbond substituents is 1. The maximum atomic E-state index is 13.1. The van der Waals surface area contributed by atoms with E-state index in [1.165, 1.54) is 37.9 Å². The van der Waals surface area contributed by atoms with Gasteiger partial charge in [-0.2, -0.15) is 0 Å². The predicted molar refractivity (Wildman–Crippen MR) is 111 cm³/mol. The number of anilines is 1. The minimum atomic E-state index is -0.849. The highest BCUT2D eigenvalue weighted by molar-refractivity contribution is 5.94. The molecule has 30 heavy (non-hydrogen) atoms. The maximum Gasteiger partial charge on any atom is 0.337 e. The summed E-state index contributed by atoms with van der Waals surface area (Å²) in [6.45, 7) is 5.21. The fourth-order valence-corrected chi connectivity index (χ4v) is 3.58. The summed E-state index contributed by atoms with van der Waals surface area (Å²) in [5.41, 5.74) is 0.346. The van der Waals surface area contributed by atoms with Crippen LogP contribution in [0.2, 0.25) is 0 Å². The second-order valence-corrected chi connectivity index (χ2v) is 6.88. The van der Waals surface area contributed by atoms with Gasteiger partial charge in [0.2, 0.25) is 0 Å². The molecule has 1 aliphatic rings. The lowest BCUT2D eigenvalue weighted by Gasteiger charge is -2.31. The number of aromatic nitrogens is 2. The molecule has 1 aliphatic heterocycles. The highest BCUT2D eigenvalue weighted by Gasteiger charge is 2.37. The molecule has 0 aliphatic carbocycles. The van der Waals surface area contributed by atoms with Crippen molar-refractivity contribution in [3.05, 3.63) is 74.1 Å². The molecule has 0 radical (unpaired) electrons. The molecule has 2 heterocycles. The standard InChI is InChI=1S/C21H23N3O6/c1-6-9-30-20(27)15-11(2)22-18-17(19(26)24(4)21(28)23(18)3)16(15)12-7-8-13(25)14(10-12)29-5/h6-8,10,16,22,25H,1,9H2,2-5H3. The second-order valence-electron chi connectivity index (χ2n) is 6.88. The quantitative estimate of drug-likeness (QED) is 0.562. The summed E-state index contributed by atoms with van der Waals surface area (Å²) >= 11 is 0. The van der Waals surface area contributed by atoms with Gasteiger partial charge in [0.1, 0.15) is 12.4 Å². The topological polar surface area (TPSA) is 112 Å². The first-order chi connectivity index (χ1) is 14.2. The van der Waals surface area contributed by atoms with Crippen LogP contribution in [0.4, 0.5) is 5.82 Å². The van der Waals surface area contributed by atoms with Crippen molar-refractivity contribution in [2.24, 2.45) is 14.1 Å². The van der Waals surface area contributed by atoms with Crippen molar-refractivity contribution >= 4 is 11.8 Å². The largest absolute Gasteiger partial charge is 0.504 e. The minimum absolute atomic E-state index is 0.000620. The van der Waals surface area contributed by atoms with Gasteiger partial charge in [-0.05, 0) is 24.6 Å². The molecule has 0 spiro atoms. The first-order valence-corrected chi connectivity index (χ1v) is 9.15. The van der Waals surface area contributed by atoms with Crippen LogP contribution in [0.5, 0.6) is 11.5 Å². The Morgan fingerprint density at radius 3 is 2.63 bits per heavy atom. The minimum Gasteiger partial charge on any atom is -0.504 e. The molecule has 0 bridgehead atoms. The Kier molecular flexibility index (Phi) is 5.55. The Bertz CT molecular complexity index is 1190. The number of aromatic hydroxyl groups is 1. The van der Waals surface area contributed by atoms with E-state index in [-0.39, 0.29) is 35.1 Å². The monoisotopic (exact) mass is 413 g/mol. The zero-order valence-electron chi connectivity index (χ0n) is 17.2. The average Bonchev–Trinajstić information content (AvgIpc) is 2.74. The van der Waals surface area contributed by atoms with Crippen LogP contribution in [0.1, 0.15) is 24.0 Å². The van der Waals surface area contributed by atoms with E-state index in [4.69, 9.17) is 9.47 Å². The molecule has 0 saturated heterocycles. The zero-order chi connectivity index (χ0) is 22.2. The molecule has 3 rings (SSSR count). The van der Waals surface area contributed by atoms with Crippen molar-refractivity contribution in [3.63, 3.8) is 0 Å². The first-order valence-electron chi connectivity index (χ1n) is 9.15. The SMILES string of the molecule is C=CCOC(=O)C1=C(C)Nc2c(c(=O)n(C)c(=O)n2C)C1c1ccc(O)c(OC)c1. The summed E-state index contributed by atoms with van der Waals surface area (Å²) in [5.74, 6) is -1.08. The molecule has 1 atom stereocenters. The number of carbonyl (C=O) groups excluding carboxylic acids is 1. The van der Waals surface area contributed by atoms with Gasteiger partial charge in [-0.15, -0.1) is 0 Å². The summed E-state index contributed by atoms with van der Waals surface area (Å²) < 4.78 is 12.8. The van der Waals surface area contributed by atoms with Crippen LogP contribution >= 0.6 is 0 Å². The average molecular weight is 413 g/mol. The summed E-state index contributed by atoms with van der Waals surface area (Å²) in [5, 5.41) is 13.0. The van der Waals surface area contributed by atoms with Crippen molar-refractivity contribution in [3.8, 4) is 11.5 Å². The summed E-state index contributed by atoms with van der Waals surface area (Å²) in [6.07, 6.45) is 1.44. The van der Waals surface area contributed by atoms with Crippen LogP contribution < -0.4 is 21.3 Å². The van der Waals surface area contributed by atoms with E-state index < -0.39 is 23.1 Å². The summed E-state index contributed by atoms with van der Waals surface area (Å²) in [7, 11) is 4.31. The van der Waals surface area contributed by atoms with E-state index in [0.717, 1.165) is 4.57 Å². The fourth-order valence-electron chi connectivity index (χ4n) is 3.58. The van der Waals surface area contributed by atoms with Gasteiger partial charge in [-0.3, -0.25) is 13.9 Å². The Morgan fingerprint density at radius 2 is 2.00 bits per heavy atom. The highest BCUT2D eigenvalue weighted by Crippen LogP contribution is 2.42. The lowest BCUT2D eigenvalue weighted by Crippen LogP contribution is -2.43. The highest BCUT2D eigenvalue weighted by atomic mass is 16.5. The Balaban J connectivity index is 2.36. The van der Waals surface area contributed by atoms with Gasteiger partial charge < -0.3 is 19.9 Å². The van der Waals surface area contributed by atoms with Gasteiger partial charge in [-0.1, -0.05) is 18.7 Å². The molecule has 9 heteroatoms. The van der Waals surface area contributed by atoms with Crippen LogP contribution in [-0.2, 0) is 23.6 Å². The molecule has 2 N–H and O–H groups in total. The van der Waals surface area contributed by atoms with E-state index in [2.05, 4.69) is 11.9 Å². The van der Waals surface area contributed by atoms with Crippen molar-refractivity contribution in [1.82, 2.24) is 9.13 Å². The number of esters is 1. The fraction of sp³-hybridized carbons (Fsp3) is 0.286. The summed E-state index contributed by atoms with van der Waals surface area (Å²) in [4.78, 5) is 38.5. The molecule has 9 nitrogen and oxygen atoms in total. The van der Waals surface area contributed by atoms with E-state index in [0.29, 0.717) is 11.3 Å². The number of rotatable bonds is 5. The summed E-state index contributed by atoms with van der Waals surface area (Å²) in [6, 6.07) is 4.56. The molecule has 0 amide bonds. The van der Waals surface area contributed by atoms with Crippen LogP contribution in [0.3, 0.4) is 0 Å². The molecule has 158 valence electrons. The number of nitrogens with zero attached hydrogens (tertiary/aromatic N) is 2. The molecule has 2 aromatic rings. The molecular weight excluding hydrogens is 390 g/mol. The van der Waals surface area contributed by atoms with Gasteiger partial charge in [0, 0.05) is 19.8 Å². The van der Waals surface area contributed by atoms with Crippen molar-refractivity contribution in [2.75, 3.05) is 19.0 Å². The molecule has 0 saturated carbocycles. The zero-order valence-corrected chi connectivity index (χ0v) is 17.2. The second kappa shape index (κ2) is 7.94. The van der Waals surface area contributed by atoms with Crippen LogP contribution in [0.25, 0.3) is 0 Å². The third-order valence-corrected chi connectivity index (χ3v) is 5.08. The third-order valence-electron chi connectivity index (χ3n) is 5.08. The van der Waals surface area contributed by atoms with E-state index >= 15 is 0 Å². The number of allylic oxidation sites excluding steroid dienone is 1. The molecule has 1 aromatic heterocycles. The van der Waals surface area contributed by atoms with E-state index in [1.807, 2.05) is 0 Å². The number of carbonyl (C=O) groups is 1. The Morgan fingerprint density at radius 1 is 1.30 bits per heavy atom. The van der Waals surface area contributed by atoms with Gasteiger partial charge >= 0.3 is 11.7 Å². The number of fused-ring (bicyclic) bond motifs is 1. The van der Waals surface area contributed by atoms with Crippen molar-refractivity contribution in [1.29, 1.82) is 0 Å². The van der Waals surface area contributed by atoms with Gasteiger partial charge in [0.15, 0.2) is 11.5 Å². The number of nitrogens with one attached hydrogen (secondary N) is 1. The van der Waals surface area contributed by atoms with Crippen molar-refractivity contribution < 1.29 is 19.4 Å². The lowest BCUT2D eigenvalue weighted by atomic mass is 9.82. The predicted octanol–water partition coefficient (Wildman–Crippen LogP) is 1.36. The number of ether oxygens (including phenoxy) is 2. The molecular formula is C21H23N3O6. The molecule has 1 aromatic carbocycles. The van der Waals surface area contributed by atoms with Gasteiger partial charge in [-0.25, -0.2) is 9.59 Å². The lowest BCUT2D eigenvalue weighted by molar-refractivity contribution is -0.138. The number of phenols is 1. The normalized spacial score (nSPS) is 15.3. The van der Waals surface area contributed by atoms with E-state index in [1.54, 1.807) is 19.1 Å². The van der Waals surface area contributed by atoms with Crippen LogP contribution in [0.15, 0.2) is 51.7 Å². The maximum absolute atomic E-state index is 13.1. The van der Waals surface area contributed by atoms with Gasteiger partial charge in [0.25, 0.3) is 5.56 Å². The van der Waals surface area contributed by atoms with Crippen molar-refractivity contribution in [2.45, 2.75) is 12.8 Å². The third kappa shape index (κ3) is 3.28. The number of hydrogen-bond donors (Lipinski definition) is 2. The molecule has 0 fully saturated rings. The first kappa shape index (κ1) is 21.0. The number of methoxy groups -OCH3 is 1.